The molecule has 0 atom stereocenters. The van der Waals surface area contributed by atoms with Gasteiger partial charge in [-0.1, -0.05) is 52.3 Å². The monoisotopic (exact) mass is 238 g/mol. The lowest BCUT2D eigenvalue weighted by Gasteiger charge is -2.28. The largest absolute Gasteiger partial charge is 0.207 e. The molecular weight excluding hydrogens is 211 g/mol. The van der Waals surface area contributed by atoms with E-state index in [0.29, 0.717) is 5.92 Å². The van der Waals surface area contributed by atoms with Crippen LogP contribution in [-0.2, 0) is 0 Å². The second kappa shape index (κ2) is 8.27. The predicted molar refractivity (Wildman–Crippen MR) is 75.6 cm³/mol. The van der Waals surface area contributed by atoms with Crippen LogP contribution in [0.5, 0.6) is 0 Å². The lowest BCUT2D eigenvalue weighted by Crippen LogP contribution is -2.15. The van der Waals surface area contributed by atoms with E-state index in [1.54, 1.807) is 0 Å². The summed E-state index contributed by atoms with van der Waals surface area (Å²) in [4.78, 5) is 0. The molecule has 1 fully saturated rings. The predicted octanol–water partition coefficient (Wildman–Crippen LogP) is 5.82. The summed E-state index contributed by atoms with van der Waals surface area (Å²) in [5, 5.41) is 0. The maximum Gasteiger partial charge on any atom is 0.126 e. The van der Waals surface area contributed by atoms with E-state index < -0.39 is 0 Å². The zero-order valence-corrected chi connectivity index (χ0v) is 11.9. The van der Waals surface area contributed by atoms with Crippen LogP contribution >= 0.6 is 0 Å². The molecule has 17 heavy (non-hydrogen) atoms. The molecule has 0 aromatic heterocycles. The molecule has 0 radical (unpaired) electrons. The van der Waals surface area contributed by atoms with E-state index in [9.17, 15) is 4.39 Å². The van der Waals surface area contributed by atoms with Crippen LogP contribution in [0.25, 0.3) is 0 Å². The molecule has 1 heteroatoms. The fourth-order valence-corrected chi connectivity index (χ4v) is 2.41. The summed E-state index contributed by atoms with van der Waals surface area (Å²) in [5.41, 5.74) is 1.66. The first-order chi connectivity index (χ1) is 8.06. The maximum absolute atomic E-state index is 13.6. The van der Waals surface area contributed by atoms with Crippen molar-refractivity contribution in [2.75, 3.05) is 0 Å². The van der Waals surface area contributed by atoms with Crippen molar-refractivity contribution in [2.24, 2.45) is 11.8 Å². The van der Waals surface area contributed by atoms with E-state index >= 15 is 0 Å². The fourth-order valence-electron chi connectivity index (χ4n) is 2.41. The first-order valence-corrected chi connectivity index (χ1v) is 6.74. The Hall–Kier alpha value is -0.850. The van der Waals surface area contributed by atoms with Gasteiger partial charge < -0.3 is 0 Å². The molecule has 0 amide bonds. The number of halogens is 1. The lowest BCUT2D eigenvalue weighted by molar-refractivity contribution is 0.318. The first-order valence-electron chi connectivity index (χ1n) is 6.74. The smallest absolute Gasteiger partial charge is 0.126 e. The highest BCUT2D eigenvalue weighted by molar-refractivity contribution is 5.35. The van der Waals surface area contributed by atoms with Crippen LogP contribution in [0.3, 0.4) is 0 Å². The number of hydrogen-bond donors (Lipinski definition) is 0. The minimum Gasteiger partial charge on any atom is -0.207 e. The van der Waals surface area contributed by atoms with Crippen molar-refractivity contribution in [2.45, 2.75) is 53.4 Å². The Balaban J connectivity index is 0.00000121. The van der Waals surface area contributed by atoms with Crippen molar-refractivity contribution in [3.05, 3.63) is 36.2 Å². The Morgan fingerprint density at radius 3 is 2.00 bits per heavy atom. The average molecular weight is 238 g/mol. The number of hydrogen-bond acceptors (Lipinski definition) is 0. The maximum atomic E-state index is 13.6. The first kappa shape index (κ1) is 16.1. The third kappa shape index (κ3) is 4.89. The van der Waals surface area contributed by atoms with Crippen LogP contribution in [0.1, 0.15) is 53.4 Å². The molecule has 0 unspecified atom stereocenters. The highest BCUT2D eigenvalue weighted by atomic mass is 19.1. The summed E-state index contributed by atoms with van der Waals surface area (Å²) in [5.74, 6) is 0.971. The average Bonchev–Trinajstić information content (AvgIpc) is 2.34. The molecule has 1 rings (SSSR count). The van der Waals surface area contributed by atoms with Crippen molar-refractivity contribution >= 4 is 0 Å². The molecule has 0 saturated heterocycles. The van der Waals surface area contributed by atoms with Crippen molar-refractivity contribution < 1.29 is 4.39 Å². The van der Waals surface area contributed by atoms with E-state index in [-0.39, 0.29) is 5.83 Å². The van der Waals surface area contributed by atoms with Crippen molar-refractivity contribution in [3.63, 3.8) is 0 Å². The van der Waals surface area contributed by atoms with Crippen LogP contribution < -0.4 is 0 Å². The lowest BCUT2D eigenvalue weighted by atomic mass is 9.77. The summed E-state index contributed by atoms with van der Waals surface area (Å²) in [7, 11) is 0. The van der Waals surface area contributed by atoms with E-state index in [0.717, 1.165) is 29.9 Å². The molecule has 0 aromatic rings. The third-order valence-corrected chi connectivity index (χ3v) is 3.32. The van der Waals surface area contributed by atoms with Crippen molar-refractivity contribution in [1.82, 2.24) is 0 Å². The Morgan fingerprint density at radius 2 is 1.65 bits per heavy atom. The molecule has 0 spiro atoms. The molecule has 0 N–H and O–H groups in total. The molecule has 1 aliphatic rings. The third-order valence-electron chi connectivity index (χ3n) is 3.32. The van der Waals surface area contributed by atoms with Gasteiger partial charge in [0.1, 0.15) is 5.83 Å². The fraction of sp³-hybridized carbons (Fsp3) is 0.625. The SMILES string of the molecule is C=C/C(F)=C(\C(=C)C)C1CCC(C)CC1.CC. The van der Waals surface area contributed by atoms with E-state index in [1.807, 2.05) is 20.8 Å². The number of allylic oxidation sites excluding steroid dienone is 4. The van der Waals surface area contributed by atoms with Gasteiger partial charge in [-0.3, -0.25) is 0 Å². The van der Waals surface area contributed by atoms with E-state index in [2.05, 4.69) is 20.1 Å². The second-order valence-electron chi connectivity index (χ2n) is 4.70. The standard InChI is InChI=1S/C14H21F.C2H6/c1-5-13(15)14(10(2)3)12-8-6-11(4)7-9-12;1-2/h5,11-12H,1-2,6-9H2,3-4H3;1-2H3/b14-13-;. The molecule has 0 nitrogen and oxygen atoms in total. The Kier molecular flexibility index (Phi) is 7.86. The van der Waals surface area contributed by atoms with Gasteiger partial charge in [0.15, 0.2) is 0 Å². The second-order valence-corrected chi connectivity index (χ2v) is 4.70. The zero-order valence-electron chi connectivity index (χ0n) is 11.9. The van der Waals surface area contributed by atoms with Crippen LogP contribution in [0.15, 0.2) is 36.2 Å². The van der Waals surface area contributed by atoms with Gasteiger partial charge in [-0.25, -0.2) is 4.39 Å². The normalized spacial score (nSPS) is 25.2. The van der Waals surface area contributed by atoms with Gasteiger partial charge in [0.25, 0.3) is 0 Å². The van der Waals surface area contributed by atoms with Gasteiger partial charge in [-0.15, -0.1) is 0 Å². The molecule has 0 aromatic carbocycles. The van der Waals surface area contributed by atoms with Gasteiger partial charge in [0, 0.05) is 0 Å². The summed E-state index contributed by atoms with van der Waals surface area (Å²) in [6.45, 7) is 15.5. The Bertz CT molecular complexity index is 278. The van der Waals surface area contributed by atoms with Crippen LogP contribution in [0.2, 0.25) is 0 Å². The molecular formula is C16H27F. The molecule has 98 valence electrons. The van der Waals surface area contributed by atoms with Gasteiger partial charge in [0.05, 0.1) is 0 Å². The quantitative estimate of drug-likeness (QED) is 0.543. The summed E-state index contributed by atoms with van der Waals surface area (Å²) in [6.07, 6.45) is 5.88. The highest BCUT2D eigenvalue weighted by Gasteiger charge is 2.23. The molecule has 1 saturated carbocycles. The topological polar surface area (TPSA) is 0 Å². The molecule has 1 aliphatic carbocycles. The number of rotatable bonds is 3. The summed E-state index contributed by atoms with van der Waals surface area (Å²) in [6, 6.07) is 0. The van der Waals surface area contributed by atoms with Gasteiger partial charge in [-0.2, -0.15) is 0 Å². The van der Waals surface area contributed by atoms with Crippen molar-refractivity contribution in [3.8, 4) is 0 Å². The van der Waals surface area contributed by atoms with Crippen LogP contribution in [-0.4, -0.2) is 0 Å². The Morgan fingerprint density at radius 1 is 1.18 bits per heavy atom. The summed E-state index contributed by atoms with van der Waals surface area (Å²) < 4.78 is 13.6. The zero-order chi connectivity index (χ0) is 13.4. The van der Waals surface area contributed by atoms with Crippen LogP contribution in [0, 0.1) is 11.8 Å². The van der Waals surface area contributed by atoms with Gasteiger partial charge >= 0.3 is 0 Å². The highest BCUT2D eigenvalue weighted by Crippen LogP contribution is 2.37. The minimum absolute atomic E-state index is 0.179. The Labute approximate surface area is 106 Å². The van der Waals surface area contributed by atoms with Gasteiger partial charge in [0.2, 0.25) is 0 Å². The summed E-state index contributed by atoms with van der Waals surface area (Å²) >= 11 is 0. The molecule has 0 aliphatic heterocycles. The van der Waals surface area contributed by atoms with E-state index in [4.69, 9.17) is 0 Å². The van der Waals surface area contributed by atoms with E-state index in [1.165, 1.54) is 18.9 Å². The van der Waals surface area contributed by atoms with Crippen molar-refractivity contribution in [1.29, 1.82) is 0 Å². The molecule has 0 bridgehead atoms. The minimum atomic E-state index is -0.179. The van der Waals surface area contributed by atoms with Gasteiger partial charge in [-0.05, 0) is 43.3 Å². The van der Waals surface area contributed by atoms with Crippen LogP contribution in [0.4, 0.5) is 4.39 Å². The molecule has 0 heterocycles.